The van der Waals surface area contributed by atoms with Gasteiger partial charge in [0.25, 0.3) is 0 Å². The van der Waals surface area contributed by atoms with Crippen LogP contribution in [0.25, 0.3) is 0 Å². The molecule has 0 aromatic heterocycles. The van der Waals surface area contributed by atoms with Crippen LogP contribution in [-0.4, -0.2) is 11.3 Å². The fourth-order valence-corrected chi connectivity index (χ4v) is 0.597. The molecule has 0 saturated heterocycles. The van der Waals surface area contributed by atoms with Gasteiger partial charge in [-0.2, -0.15) is 0 Å². The molecule has 2 nitrogen and oxygen atoms in total. The van der Waals surface area contributed by atoms with Gasteiger partial charge in [-0.25, -0.2) is 0 Å². The summed E-state index contributed by atoms with van der Waals surface area (Å²) in [5, 5.41) is 12.1. The van der Waals surface area contributed by atoms with Crippen molar-refractivity contribution in [3.05, 3.63) is 29.8 Å². The fourth-order valence-electron chi connectivity index (χ4n) is 0.597. The van der Waals surface area contributed by atoms with Crippen molar-refractivity contribution in [2.45, 2.75) is 0 Å². The number of hydrogen-bond acceptors (Lipinski definition) is 2. The molecule has 0 bridgehead atoms. The SMILES string of the molecule is [3H]N=Cc1ccccc1O. The van der Waals surface area contributed by atoms with Crippen LogP contribution >= 0.6 is 0 Å². The van der Waals surface area contributed by atoms with Gasteiger partial charge in [-0.1, -0.05) is 12.1 Å². The highest BCUT2D eigenvalue weighted by molar-refractivity contribution is 5.80. The van der Waals surface area contributed by atoms with E-state index in [2.05, 4.69) is 5.40 Å². The topological polar surface area (TPSA) is 44.1 Å². The summed E-state index contributed by atoms with van der Waals surface area (Å²) in [4.78, 5) is 0. The predicted molar refractivity (Wildman–Crippen MR) is 36.0 cm³/mol. The zero-order valence-corrected chi connectivity index (χ0v) is 4.78. The first kappa shape index (κ1) is 4.56. The van der Waals surface area contributed by atoms with E-state index in [0.717, 1.165) is 0 Å². The number of aromatic hydroxyl groups is 1. The Morgan fingerprint density at radius 2 is 2.33 bits per heavy atom. The van der Waals surface area contributed by atoms with Gasteiger partial charge in [-0.15, -0.1) is 0 Å². The maximum atomic E-state index is 9.07. The highest BCUT2D eigenvalue weighted by atomic mass is 16.3. The van der Waals surface area contributed by atoms with Crippen molar-refractivity contribution in [3.8, 4) is 5.75 Å². The van der Waals surface area contributed by atoms with Crippen LogP contribution in [0.2, 0.25) is 1.41 Å². The van der Waals surface area contributed by atoms with Crippen molar-refractivity contribution in [1.82, 2.24) is 0 Å². The lowest BCUT2D eigenvalue weighted by Crippen LogP contribution is -1.77. The molecule has 1 aromatic carbocycles. The minimum atomic E-state index is 0.151. The maximum Gasteiger partial charge on any atom is 0.187 e. The molecule has 1 aromatic rings. The molecule has 2 heteroatoms. The Morgan fingerprint density at radius 3 is 3.00 bits per heavy atom. The summed E-state index contributed by atoms with van der Waals surface area (Å²) in [5.74, 6) is 0.151. The van der Waals surface area contributed by atoms with Crippen molar-refractivity contribution >= 4 is 6.21 Å². The second kappa shape index (κ2) is 2.31. The van der Waals surface area contributed by atoms with E-state index in [-0.39, 0.29) is 5.75 Å². The van der Waals surface area contributed by atoms with E-state index in [1.54, 1.807) is 24.3 Å². The Balaban J connectivity index is 3.03. The summed E-state index contributed by atoms with van der Waals surface area (Å²) in [6, 6.07) is 6.73. The molecule has 2 N–H and O–H groups in total. The summed E-state index contributed by atoms with van der Waals surface area (Å²) in [5.41, 5.74) is 0.567. The number of rotatable bonds is 1. The number of phenolic OH excluding ortho intramolecular Hbond substituents is 1. The lowest BCUT2D eigenvalue weighted by molar-refractivity contribution is 0.474. The average Bonchev–Trinajstić information content (AvgIpc) is 1.94. The Kier molecular flexibility index (Phi) is 1.17. The van der Waals surface area contributed by atoms with Crippen molar-refractivity contribution in [2.75, 3.05) is 0 Å². The van der Waals surface area contributed by atoms with Gasteiger partial charge in [0.15, 0.2) is 1.41 Å². The molecule has 0 aliphatic heterocycles. The summed E-state index contributed by atoms with van der Waals surface area (Å²) in [7, 11) is 0. The molecular formula is C7H7NO. The quantitative estimate of drug-likeness (QED) is 0.544. The monoisotopic (exact) mass is 123 g/mol. The van der Waals surface area contributed by atoms with E-state index in [9.17, 15) is 0 Å². The predicted octanol–water partition coefficient (Wildman–Crippen LogP) is 1.39. The summed E-state index contributed by atoms with van der Waals surface area (Å²) >= 11 is 0. The third-order valence-electron chi connectivity index (χ3n) is 1.08. The normalized spacial score (nSPS) is 11.8. The van der Waals surface area contributed by atoms with E-state index in [1.165, 1.54) is 6.21 Å². The van der Waals surface area contributed by atoms with Crippen LogP contribution in [0.3, 0.4) is 0 Å². The molecule has 0 fully saturated rings. The largest absolute Gasteiger partial charge is 0.507 e. The minimum absolute atomic E-state index is 0.151. The van der Waals surface area contributed by atoms with Crippen molar-refractivity contribution in [3.63, 3.8) is 0 Å². The van der Waals surface area contributed by atoms with E-state index in [1.807, 2.05) is 0 Å². The van der Waals surface area contributed by atoms with Crippen LogP contribution in [0.1, 0.15) is 5.56 Å². The highest BCUT2D eigenvalue weighted by Crippen LogP contribution is 2.11. The second-order valence-corrected chi connectivity index (χ2v) is 1.69. The molecule has 0 aliphatic carbocycles. The van der Waals surface area contributed by atoms with Gasteiger partial charge in [-0.05, 0) is 12.1 Å². The molecule has 0 spiro atoms. The molecule has 0 atom stereocenters. The third-order valence-corrected chi connectivity index (χ3v) is 1.08. The summed E-state index contributed by atoms with van der Waals surface area (Å²) in [6.07, 6.45) is 1.29. The first-order valence-electron chi connectivity index (χ1n) is 3.05. The van der Waals surface area contributed by atoms with Gasteiger partial charge in [0, 0.05) is 11.8 Å². The van der Waals surface area contributed by atoms with E-state index >= 15 is 0 Å². The summed E-state index contributed by atoms with van der Waals surface area (Å²) < 4.78 is 6.50. The van der Waals surface area contributed by atoms with Gasteiger partial charge in [0.05, 0.1) is 0 Å². The van der Waals surface area contributed by atoms with Gasteiger partial charge >= 0.3 is 0 Å². The molecule has 0 aliphatic rings. The van der Waals surface area contributed by atoms with Crippen LogP contribution in [0.4, 0.5) is 0 Å². The molecule has 0 radical (unpaired) electrons. The molecule has 0 unspecified atom stereocenters. The highest BCUT2D eigenvalue weighted by Gasteiger charge is 1.91. The van der Waals surface area contributed by atoms with Gasteiger partial charge in [0.1, 0.15) is 5.75 Å². The van der Waals surface area contributed by atoms with Crippen LogP contribution in [0, 0.1) is 5.40 Å². The lowest BCUT2D eigenvalue weighted by atomic mass is 10.2. The molecule has 9 heavy (non-hydrogen) atoms. The zero-order valence-electron chi connectivity index (χ0n) is 5.78. The fraction of sp³-hybridized carbons (Fsp3) is 0. The maximum absolute atomic E-state index is 9.07. The van der Waals surface area contributed by atoms with Gasteiger partial charge in [0.2, 0.25) is 0 Å². The van der Waals surface area contributed by atoms with E-state index in [4.69, 9.17) is 6.52 Å². The number of phenols is 1. The van der Waals surface area contributed by atoms with Crippen LogP contribution in [0.5, 0.6) is 5.75 Å². The first-order chi connectivity index (χ1) is 4.84. The standard InChI is InChI=1S/C7H7NO/c8-5-6-3-1-2-4-7(6)9/h1-5,8-9H/i/hT. The second-order valence-electron chi connectivity index (χ2n) is 1.69. The molecular weight excluding hydrogens is 114 g/mol. The van der Waals surface area contributed by atoms with Crippen LogP contribution in [-0.2, 0) is 0 Å². The lowest BCUT2D eigenvalue weighted by Gasteiger charge is -1.92. The van der Waals surface area contributed by atoms with E-state index in [0.29, 0.717) is 5.56 Å². The first-order valence-corrected chi connectivity index (χ1v) is 2.60. The Labute approximate surface area is 54.7 Å². The Bertz CT molecular complexity index is 247. The number of benzene rings is 1. The van der Waals surface area contributed by atoms with Crippen molar-refractivity contribution in [1.29, 1.82) is 5.40 Å². The van der Waals surface area contributed by atoms with Crippen molar-refractivity contribution < 1.29 is 6.52 Å². The summed E-state index contributed by atoms with van der Waals surface area (Å²) in [6.45, 7) is 0. The van der Waals surface area contributed by atoms with E-state index < -0.39 is 0 Å². The smallest absolute Gasteiger partial charge is 0.187 e. The van der Waals surface area contributed by atoms with Crippen LogP contribution < -0.4 is 0 Å². The Morgan fingerprint density at radius 1 is 1.56 bits per heavy atom. The van der Waals surface area contributed by atoms with Gasteiger partial charge in [-0.3, -0.25) is 0 Å². The van der Waals surface area contributed by atoms with Crippen molar-refractivity contribution in [2.24, 2.45) is 0 Å². The number of hydrogen-bond donors (Lipinski definition) is 2. The average molecular weight is 123 g/mol. The molecule has 0 amide bonds. The third kappa shape index (κ3) is 1.08. The molecule has 1 rings (SSSR count). The van der Waals surface area contributed by atoms with Crippen LogP contribution in [0.15, 0.2) is 24.3 Å². The molecule has 0 saturated carbocycles. The Hall–Kier alpha value is -1.31. The minimum Gasteiger partial charge on any atom is -0.507 e. The number of nitrogens with one attached hydrogen (secondary N) is 1. The molecule has 0 heterocycles. The molecule has 46 valence electrons. The number of para-hydroxylation sites is 1. The zero-order chi connectivity index (χ0) is 7.40. The van der Waals surface area contributed by atoms with Gasteiger partial charge < -0.3 is 10.5 Å².